The molecular formula is C18H26N2O4. The predicted octanol–water partition coefficient (Wildman–Crippen LogP) is 1.66. The number of amides is 1. The number of aryl methyl sites for hydroxylation is 1. The molecule has 6 heteroatoms. The lowest BCUT2D eigenvalue weighted by molar-refractivity contribution is -0.133. The Balaban J connectivity index is 1.57. The van der Waals surface area contributed by atoms with Gasteiger partial charge in [0.25, 0.3) is 5.91 Å². The number of carbonyl (C=O) groups is 1. The average Bonchev–Trinajstić information content (AvgIpc) is 2.66. The lowest BCUT2D eigenvalue weighted by Crippen LogP contribution is -2.43. The van der Waals surface area contributed by atoms with Crippen LogP contribution < -0.4 is 10.2 Å². The van der Waals surface area contributed by atoms with Crippen LogP contribution in [0.5, 0.6) is 5.75 Å². The molecule has 1 atom stereocenters. The van der Waals surface area contributed by atoms with Gasteiger partial charge in [-0.2, -0.15) is 0 Å². The summed E-state index contributed by atoms with van der Waals surface area (Å²) in [6.45, 7) is 7.18. The topological polar surface area (TPSA) is 63.0 Å². The highest BCUT2D eigenvalue weighted by Crippen LogP contribution is 2.26. The minimum Gasteiger partial charge on any atom is -0.476 e. The highest BCUT2D eigenvalue weighted by atomic mass is 16.5. The first-order valence-corrected chi connectivity index (χ1v) is 8.77. The molecule has 1 aliphatic heterocycles. The SMILES string of the molecule is Cc1occc(=O)c1OCC(=O)N1CCN(C2CCC2)CC(C)C1. The Morgan fingerprint density at radius 2 is 2.12 bits per heavy atom. The first kappa shape index (κ1) is 17.0. The van der Waals surface area contributed by atoms with E-state index >= 15 is 0 Å². The van der Waals surface area contributed by atoms with Gasteiger partial charge in [-0.25, -0.2) is 0 Å². The average molecular weight is 334 g/mol. The quantitative estimate of drug-likeness (QED) is 0.838. The van der Waals surface area contributed by atoms with Crippen molar-refractivity contribution in [1.82, 2.24) is 9.80 Å². The zero-order chi connectivity index (χ0) is 17.1. The van der Waals surface area contributed by atoms with Crippen molar-refractivity contribution in [2.24, 2.45) is 5.92 Å². The summed E-state index contributed by atoms with van der Waals surface area (Å²) in [5.41, 5.74) is -0.257. The molecule has 24 heavy (non-hydrogen) atoms. The molecule has 2 heterocycles. The monoisotopic (exact) mass is 334 g/mol. The second-order valence-corrected chi connectivity index (χ2v) is 6.98. The molecule has 0 bridgehead atoms. The van der Waals surface area contributed by atoms with E-state index in [1.54, 1.807) is 6.92 Å². The van der Waals surface area contributed by atoms with E-state index in [2.05, 4.69) is 11.8 Å². The summed E-state index contributed by atoms with van der Waals surface area (Å²) < 4.78 is 10.6. The summed E-state index contributed by atoms with van der Waals surface area (Å²) in [4.78, 5) is 28.7. The predicted molar refractivity (Wildman–Crippen MR) is 90.2 cm³/mol. The van der Waals surface area contributed by atoms with Crippen LogP contribution in [0.3, 0.4) is 0 Å². The van der Waals surface area contributed by atoms with Crippen molar-refractivity contribution in [3.63, 3.8) is 0 Å². The van der Waals surface area contributed by atoms with Crippen LogP contribution in [0.2, 0.25) is 0 Å². The maximum atomic E-state index is 12.5. The van der Waals surface area contributed by atoms with Gasteiger partial charge in [-0.15, -0.1) is 0 Å². The number of hydrogen-bond donors (Lipinski definition) is 0. The van der Waals surface area contributed by atoms with Gasteiger partial charge in [0, 0.05) is 38.3 Å². The van der Waals surface area contributed by atoms with Gasteiger partial charge in [-0.05, 0) is 25.7 Å². The van der Waals surface area contributed by atoms with Gasteiger partial charge >= 0.3 is 0 Å². The van der Waals surface area contributed by atoms with Crippen molar-refractivity contribution in [1.29, 1.82) is 0 Å². The van der Waals surface area contributed by atoms with Gasteiger partial charge in [0.2, 0.25) is 11.2 Å². The minimum atomic E-state index is -0.257. The van der Waals surface area contributed by atoms with E-state index in [-0.39, 0.29) is 23.7 Å². The zero-order valence-electron chi connectivity index (χ0n) is 14.5. The maximum Gasteiger partial charge on any atom is 0.260 e. The van der Waals surface area contributed by atoms with E-state index in [1.807, 2.05) is 4.90 Å². The molecule has 1 aliphatic carbocycles. The molecular weight excluding hydrogens is 308 g/mol. The summed E-state index contributed by atoms with van der Waals surface area (Å²) in [7, 11) is 0. The molecule has 132 valence electrons. The van der Waals surface area contributed by atoms with E-state index in [4.69, 9.17) is 9.15 Å². The highest BCUT2D eigenvalue weighted by molar-refractivity contribution is 5.77. The van der Waals surface area contributed by atoms with Crippen molar-refractivity contribution >= 4 is 5.91 Å². The molecule has 0 aromatic carbocycles. The molecule has 1 unspecified atom stereocenters. The summed E-state index contributed by atoms with van der Waals surface area (Å²) >= 11 is 0. The largest absolute Gasteiger partial charge is 0.476 e. The van der Waals surface area contributed by atoms with Crippen LogP contribution in [0.4, 0.5) is 0 Å². The van der Waals surface area contributed by atoms with Gasteiger partial charge < -0.3 is 14.1 Å². The molecule has 1 aromatic rings. The molecule has 3 rings (SSSR count). The Kier molecular flexibility index (Phi) is 5.23. The Morgan fingerprint density at radius 1 is 1.33 bits per heavy atom. The second kappa shape index (κ2) is 7.38. The van der Waals surface area contributed by atoms with Crippen molar-refractivity contribution in [3.05, 3.63) is 28.3 Å². The summed E-state index contributed by atoms with van der Waals surface area (Å²) in [6.07, 6.45) is 5.22. The van der Waals surface area contributed by atoms with Crippen LogP contribution >= 0.6 is 0 Å². The van der Waals surface area contributed by atoms with E-state index in [0.717, 1.165) is 26.2 Å². The number of ether oxygens (including phenoxy) is 1. The number of carbonyl (C=O) groups excluding carboxylic acids is 1. The van der Waals surface area contributed by atoms with Gasteiger partial charge in [0.15, 0.2) is 6.61 Å². The summed E-state index contributed by atoms with van der Waals surface area (Å²) in [5.74, 6) is 0.904. The molecule has 0 spiro atoms. The Bertz CT molecular complexity index is 638. The summed E-state index contributed by atoms with van der Waals surface area (Å²) in [5, 5.41) is 0. The number of rotatable bonds is 4. The Morgan fingerprint density at radius 3 is 2.79 bits per heavy atom. The smallest absolute Gasteiger partial charge is 0.260 e. The molecule has 1 aromatic heterocycles. The standard InChI is InChI=1S/C18H26N2O4/c1-13-10-19(15-4-3-5-15)7-8-20(11-13)17(22)12-24-18-14(2)23-9-6-16(18)21/h6,9,13,15H,3-5,7-8,10-12H2,1-2H3. The minimum absolute atomic E-state index is 0.0695. The first-order valence-electron chi connectivity index (χ1n) is 8.77. The third kappa shape index (κ3) is 3.80. The molecule has 6 nitrogen and oxygen atoms in total. The second-order valence-electron chi connectivity index (χ2n) is 6.98. The van der Waals surface area contributed by atoms with Crippen molar-refractivity contribution in [3.8, 4) is 5.75 Å². The van der Waals surface area contributed by atoms with E-state index < -0.39 is 0 Å². The van der Waals surface area contributed by atoms with Crippen LogP contribution in [0, 0.1) is 12.8 Å². The van der Waals surface area contributed by atoms with Gasteiger partial charge in [-0.3, -0.25) is 14.5 Å². The molecule has 1 saturated carbocycles. The Hall–Kier alpha value is -1.82. The zero-order valence-corrected chi connectivity index (χ0v) is 14.5. The van der Waals surface area contributed by atoms with Crippen LogP contribution in [0.1, 0.15) is 31.9 Å². The molecule has 1 amide bonds. The number of hydrogen-bond acceptors (Lipinski definition) is 5. The lowest BCUT2D eigenvalue weighted by Gasteiger charge is -2.37. The van der Waals surface area contributed by atoms with Gasteiger partial charge in [-0.1, -0.05) is 13.3 Å². The van der Waals surface area contributed by atoms with Gasteiger partial charge in [0.1, 0.15) is 5.76 Å². The third-order valence-electron chi connectivity index (χ3n) is 5.03. The third-order valence-corrected chi connectivity index (χ3v) is 5.03. The van der Waals surface area contributed by atoms with Crippen LogP contribution in [-0.2, 0) is 4.79 Å². The van der Waals surface area contributed by atoms with Crippen molar-refractivity contribution < 1.29 is 13.9 Å². The van der Waals surface area contributed by atoms with E-state index in [9.17, 15) is 9.59 Å². The molecule has 2 aliphatic rings. The van der Waals surface area contributed by atoms with Crippen molar-refractivity contribution in [2.75, 3.05) is 32.8 Å². The maximum absolute atomic E-state index is 12.5. The molecule has 0 N–H and O–H groups in total. The van der Waals surface area contributed by atoms with Crippen LogP contribution in [0.15, 0.2) is 21.5 Å². The molecule has 1 saturated heterocycles. The molecule has 2 fully saturated rings. The van der Waals surface area contributed by atoms with E-state index in [0.29, 0.717) is 17.7 Å². The van der Waals surface area contributed by atoms with Crippen LogP contribution in [-0.4, -0.2) is 54.5 Å². The fourth-order valence-corrected chi connectivity index (χ4v) is 3.47. The fraction of sp³-hybridized carbons (Fsp3) is 0.667. The van der Waals surface area contributed by atoms with Gasteiger partial charge in [0.05, 0.1) is 6.26 Å². The fourth-order valence-electron chi connectivity index (χ4n) is 3.47. The summed E-state index contributed by atoms with van der Waals surface area (Å²) in [6, 6.07) is 2.01. The van der Waals surface area contributed by atoms with Crippen LogP contribution in [0.25, 0.3) is 0 Å². The lowest BCUT2D eigenvalue weighted by atomic mass is 9.91. The molecule has 0 radical (unpaired) electrons. The Labute approximate surface area is 142 Å². The van der Waals surface area contributed by atoms with E-state index in [1.165, 1.54) is 31.6 Å². The normalized spacial score (nSPS) is 22.8. The first-order chi connectivity index (χ1) is 11.5. The highest BCUT2D eigenvalue weighted by Gasteiger charge is 2.30. The number of nitrogens with zero attached hydrogens (tertiary/aromatic N) is 2. The van der Waals surface area contributed by atoms with Crippen molar-refractivity contribution in [2.45, 2.75) is 39.2 Å².